The summed E-state index contributed by atoms with van der Waals surface area (Å²) in [6, 6.07) is 14.1. The first-order valence-electron chi connectivity index (χ1n) is 15.9. The summed E-state index contributed by atoms with van der Waals surface area (Å²) < 4.78 is 65.1. The maximum absolute atomic E-state index is 13.5. The van der Waals surface area contributed by atoms with Gasteiger partial charge in [-0.15, -0.1) is 0 Å². The molecule has 1 unspecified atom stereocenters. The largest absolute Gasteiger partial charge is 0.494 e. The number of fused-ring (bicyclic) bond motifs is 1. The minimum absolute atomic E-state index is 0.0316. The van der Waals surface area contributed by atoms with Crippen LogP contribution in [0.5, 0.6) is 5.75 Å². The van der Waals surface area contributed by atoms with Gasteiger partial charge >= 0.3 is 0 Å². The van der Waals surface area contributed by atoms with Crippen LogP contribution in [0.4, 0.5) is 0 Å². The monoisotopic (exact) mass is 699 g/mol. The van der Waals surface area contributed by atoms with Crippen molar-refractivity contribution >= 4 is 48.5 Å². The molecule has 0 radical (unpaired) electrons. The summed E-state index contributed by atoms with van der Waals surface area (Å²) in [7, 11) is -8.06. The third-order valence-electron chi connectivity index (χ3n) is 9.12. The number of ether oxygens (including phenoxy) is 1. The van der Waals surface area contributed by atoms with Gasteiger partial charge in [0.2, 0.25) is 10.0 Å². The molecular formula is C35H42ClN3O6S2. The Labute approximate surface area is 283 Å². The van der Waals surface area contributed by atoms with Crippen LogP contribution in [0.3, 0.4) is 0 Å². The Hall–Kier alpha value is -3.38. The lowest BCUT2D eigenvalue weighted by atomic mass is 10.0. The number of halogens is 1. The van der Waals surface area contributed by atoms with E-state index >= 15 is 0 Å². The van der Waals surface area contributed by atoms with Gasteiger partial charge in [-0.2, -0.15) is 4.31 Å². The first-order valence-corrected chi connectivity index (χ1v) is 19.2. The van der Waals surface area contributed by atoms with Gasteiger partial charge < -0.3 is 9.30 Å². The molecule has 12 heteroatoms. The highest BCUT2D eigenvalue weighted by atomic mass is 35.5. The number of nitrogens with one attached hydrogen (secondary N) is 1. The second-order valence-corrected chi connectivity index (χ2v) is 16.2. The van der Waals surface area contributed by atoms with Crippen molar-refractivity contribution in [2.45, 2.75) is 89.1 Å². The van der Waals surface area contributed by atoms with E-state index in [-0.39, 0.29) is 21.4 Å². The van der Waals surface area contributed by atoms with Crippen molar-refractivity contribution in [3.05, 3.63) is 87.6 Å². The second kappa shape index (κ2) is 14.0. The van der Waals surface area contributed by atoms with Gasteiger partial charge in [-0.3, -0.25) is 4.79 Å². The topological polar surface area (TPSA) is 115 Å². The molecule has 1 fully saturated rings. The number of carbonyl (C=O) groups is 1. The highest BCUT2D eigenvalue weighted by molar-refractivity contribution is 7.90. The zero-order valence-electron chi connectivity index (χ0n) is 27.5. The lowest BCUT2D eigenvalue weighted by Gasteiger charge is -2.34. The summed E-state index contributed by atoms with van der Waals surface area (Å²) >= 11 is 6.28. The summed E-state index contributed by atoms with van der Waals surface area (Å²) in [6.45, 7) is 11.3. The molecule has 3 aromatic carbocycles. The summed E-state index contributed by atoms with van der Waals surface area (Å²) in [4.78, 5) is 13.3. The minimum Gasteiger partial charge on any atom is -0.494 e. The van der Waals surface area contributed by atoms with Gasteiger partial charge in [0.1, 0.15) is 5.75 Å². The predicted octanol–water partition coefficient (Wildman–Crippen LogP) is 7.07. The maximum atomic E-state index is 13.5. The molecule has 0 aliphatic carbocycles. The van der Waals surface area contributed by atoms with Crippen LogP contribution in [0.15, 0.2) is 64.4 Å². The molecule has 1 saturated heterocycles. The minimum atomic E-state index is -4.29. The molecule has 2 heterocycles. The first kappa shape index (κ1) is 34.9. The molecule has 1 aliphatic heterocycles. The molecule has 1 atom stereocenters. The quantitative estimate of drug-likeness (QED) is 0.168. The van der Waals surface area contributed by atoms with Crippen LogP contribution in [0.2, 0.25) is 5.02 Å². The van der Waals surface area contributed by atoms with Gasteiger partial charge in [0.05, 0.1) is 22.0 Å². The highest BCUT2D eigenvalue weighted by Gasteiger charge is 2.33. The van der Waals surface area contributed by atoms with E-state index < -0.39 is 26.0 Å². The number of piperidine rings is 1. The third-order valence-corrected chi connectivity index (χ3v) is 13.0. The van der Waals surface area contributed by atoms with Gasteiger partial charge in [0, 0.05) is 40.8 Å². The van der Waals surface area contributed by atoms with E-state index in [1.54, 1.807) is 12.1 Å². The Bertz CT molecular complexity index is 2000. The van der Waals surface area contributed by atoms with Crippen molar-refractivity contribution < 1.29 is 26.4 Å². The van der Waals surface area contributed by atoms with Crippen molar-refractivity contribution in [3.8, 4) is 5.75 Å². The second-order valence-electron chi connectivity index (χ2n) is 12.2. The van der Waals surface area contributed by atoms with E-state index in [9.17, 15) is 21.6 Å². The number of carbonyl (C=O) groups excluding carboxylic acids is 1. The molecule has 4 aromatic rings. The highest BCUT2D eigenvalue weighted by Crippen LogP contribution is 2.31. The van der Waals surface area contributed by atoms with Crippen molar-refractivity contribution in [1.82, 2.24) is 13.6 Å². The normalized spacial score (nSPS) is 16.0. The SMILES string of the molecule is CCC1CCCCN1S(=O)(=O)c1ccc(S(=O)(=O)NC(=O)c2cccc3c2c(C)c(C)n3CCCOc2cc(C)c(Cl)c(C)c2)cc1. The van der Waals surface area contributed by atoms with Crippen molar-refractivity contribution in [2.75, 3.05) is 13.2 Å². The lowest BCUT2D eigenvalue weighted by Crippen LogP contribution is -2.43. The molecule has 1 aromatic heterocycles. The van der Waals surface area contributed by atoms with Crippen molar-refractivity contribution in [3.63, 3.8) is 0 Å². The Morgan fingerprint density at radius 2 is 1.62 bits per heavy atom. The van der Waals surface area contributed by atoms with E-state index in [2.05, 4.69) is 9.29 Å². The number of hydrogen-bond donors (Lipinski definition) is 1. The Morgan fingerprint density at radius 1 is 0.957 bits per heavy atom. The number of amides is 1. The van der Waals surface area contributed by atoms with E-state index in [0.29, 0.717) is 37.9 Å². The molecule has 1 amide bonds. The van der Waals surface area contributed by atoms with Gasteiger partial charge in [-0.25, -0.2) is 21.6 Å². The van der Waals surface area contributed by atoms with Gasteiger partial charge in [-0.05, 0) is 119 Å². The van der Waals surface area contributed by atoms with E-state index in [0.717, 1.165) is 57.9 Å². The smallest absolute Gasteiger partial charge is 0.265 e. The summed E-state index contributed by atoms with van der Waals surface area (Å²) in [6.07, 6.45) is 4.00. The molecule has 1 N–H and O–H groups in total. The number of aromatic nitrogens is 1. The molecule has 9 nitrogen and oxygen atoms in total. The summed E-state index contributed by atoms with van der Waals surface area (Å²) in [5.74, 6) is 0.00157. The molecule has 5 rings (SSSR count). The fourth-order valence-electron chi connectivity index (χ4n) is 6.46. The number of hydrogen-bond acceptors (Lipinski definition) is 6. The Morgan fingerprint density at radius 3 is 2.28 bits per heavy atom. The van der Waals surface area contributed by atoms with E-state index in [4.69, 9.17) is 16.3 Å². The number of aryl methyl sites for hydroxylation is 4. The van der Waals surface area contributed by atoms with Crippen LogP contribution in [0, 0.1) is 27.7 Å². The lowest BCUT2D eigenvalue weighted by molar-refractivity contribution is 0.0983. The van der Waals surface area contributed by atoms with Crippen LogP contribution in [0.1, 0.15) is 71.8 Å². The van der Waals surface area contributed by atoms with Gasteiger partial charge in [0.15, 0.2) is 0 Å². The first-order chi connectivity index (χ1) is 22.3. The zero-order chi connectivity index (χ0) is 34.1. The fourth-order valence-corrected chi connectivity index (χ4v) is 9.31. The molecule has 0 bridgehead atoms. The van der Waals surface area contributed by atoms with Gasteiger partial charge in [0.25, 0.3) is 15.9 Å². The number of benzene rings is 3. The molecule has 47 heavy (non-hydrogen) atoms. The molecule has 1 aliphatic rings. The van der Waals surface area contributed by atoms with Crippen LogP contribution >= 0.6 is 11.6 Å². The summed E-state index contributed by atoms with van der Waals surface area (Å²) in [5, 5.41) is 1.41. The van der Waals surface area contributed by atoms with Crippen LogP contribution < -0.4 is 9.46 Å². The fraction of sp³-hybridized carbons (Fsp3) is 0.400. The van der Waals surface area contributed by atoms with Crippen LogP contribution in [0.25, 0.3) is 10.9 Å². The van der Waals surface area contributed by atoms with E-state index in [1.807, 2.05) is 52.8 Å². The van der Waals surface area contributed by atoms with Crippen molar-refractivity contribution in [2.24, 2.45) is 0 Å². The Kier molecular flexibility index (Phi) is 10.4. The molecular weight excluding hydrogens is 658 g/mol. The number of sulfonamides is 2. The third kappa shape index (κ3) is 7.09. The predicted molar refractivity (Wildman–Crippen MR) is 185 cm³/mol. The van der Waals surface area contributed by atoms with Crippen molar-refractivity contribution in [1.29, 1.82) is 0 Å². The molecule has 252 valence electrons. The number of rotatable bonds is 11. The standard InChI is InChI=1S/C35H42ClN3O6S2/c1-6-27-11-7-8-19-39(27)47(43,44)30-16-14-29(15-17-30)46(41,42)37-35(40)31-12-9-13-32-33(31)25(4)26(5)38(32)18-10-20-45-28-21-23(2)34(36)24(3)22-28/h9,12-17,21-22,27H,6-8,10-11,18-20H2,1-5H3,(H,37,40). The Balaban J connectivity index is 1.31. The van der Waals surface area contributed by atoms with E-state index in [1.165, 1.54) is 28.6 Å². The number of nitrogens with zero attached hydrogens (tertiary/aromatic N) is 2. The average molecular weight is 700 g/mol. The molecule has 0 spiro atoms. The van der Waals surface area contributed by atoms with Crippen LogP contribution in [-0.2, 0) is 26.6 Å². The molecule has 0 saturated carbocycles. The van der Waals surface area contributed by atoms with Gasteiger partial charge in [-0.1, -0.05) is 31.0 Å². The van der Waals surface area contributed by atoms with Crippen LogP contribution in [-0.4, -0.2) is 50.8 Å². The summed E-state index contributed by atoms with van der Waals surface area (Å²) in [5.41, 5.74) is 4.83. The zero-order valence-corrected chi connectivity index (χ0v) is 29.9. The maximum Gasteiger partial charge on any atom is 0.265 e. The average Bonchev–Trinajstić information content (AvgIpc) is 3.30.